The molecule has 0 radical (unpaired) electrons. The van der Waals surface area contributed by atoms with Crippen LogP contribution in [-0.4, -0.2) is 15.3 Å². The minimum Gasteiger partial charge on any atom is -0.398 e. The van der Waals surface area contributed by atoms with Gasteiger partial charge in [0.25, 0.3) is 0 Å². The van der Waals surface area contributed by atoms with Crippen LogP contribution in [0, 0.1) is 0 Å². The summed E-state index contributed by atoms with van der Waals surface area (Å²) in [7, 11) is 0. The maximum Gasteiger partial charge on any atom is 0.170 e. The molecule has 2 rings (SSSR count). The Morgan fingerprint density at radius 2 is 2.28 bits per heavy atom. The van der Waals surface area contributed by atoms with E-state index in [4.69, 9.17) is 5.73 Å². The van der Waals surface area contributed by atoms with Crippen LogP contribution < -0.4 is 5.73 Å². The SMILES string of the molecule is CCn1ccnc1CC(=O)c1ccc(N)c(Br)c1. The van der Waals surface area contributed by atoms with E-state index in [1.165, 1.54) is 0 Å². The lowest BCUT2D eigenvalue weighted by Crippen LogP contribution is -2.09. The number of nitrogens with zero attached hydrogens (tertiary/aromatic N) is 2. The van der Waals surface area contributed by atoms with E-state index in [0.29, 0.717) is 17.7 Å². The van der Waals surface area contributed by atoms with Crippen LogP contribution in [0.15, 0.2) is 35.1 Å². The third-order valence-corrected chi connectivity index (χ3v) is 3.47. The molecule has 4 nitrogen and oxygen atoms in total. The molecule has 1 aromatic heterocycles. The summed E-state index contributed by atoms with van der Waals surface area (Å²) in [6, 6.07) is 5.21. The summed E-state index contributed by atoms with van der Waals surface area (Å²) < 4.78 is 2.71. The number of nitrogens with two attached hydrogens (primary N) is 1. The van der Waals surface area contributed by atoms with Crippen molar-refractivity contribution in [3.05, 3.63) is 46.5 Å². The fraction of sp³-hybridized carbons (Fsp3) is 0.231. The Morgan fingerprint density at radius 1 is 1.50 bits per heavy atom. The summed E-state index contributed by atoms with van der Waals surface area (Å²) >= 11 is 3.32. The van der Waals surface area contributed by atoms with Crippen LogP contribution in [-0.2, 0) is 13.0 Å². The second-order valence-electron chi connectivity index (χ2n) is 3.97. The Balaban J connectivity index is 2.19. The van der Waals surface area contributed by atoms with E-state index in [0.717, 1.165) is 16.8 Å². The van der Waals surface area contributed by atoms with Crippen LogP contribution in [0.25, 0.3) is 0 Å². The number of hydrogen-bond donors (Lipinski definition) is 1. The highest BCUT2D eigenvalue weighted by Crippen LogP contribution is 2.21. The minimum atomic E-state index is 0.0385. The fourth-order valence-corrected chi connectivity index (χ4v) is 2.12. The Bertz CT molecular complexity index is 577. The van der Waals surface area contributed by atoms with Crippen molar-refractivity contribution in [3.8, 4) is 0 Å². The molecule has 0 fully saturated rings. The highest BCUT2D eigenvalue weighted by molar-refractivity contribution is 9.10. The molecule has 5 heteroatoms. The molecule has 0 aliphatic carbocycles. The van der Waals surface area contributed by atoms with Crippen molar-refractivity contribution in [2.24, 2.45) is 0 Å². The number of benzene rings is 1. The number of hydrogen-bond acceptors (Lipinski definition) is 3. The van der Waals surface area contributed by atoms with Gasteiger partial charge in [-0.05, 0) is 41.1 Å². The van der Waals surface area contributed by atoms with Gasteiger partial charge >= 0.3 is 0 Å². The van der Waals surface area contributed by atoms with Gasteiger partial charge in [0.1, 0.15) is 5.82 Å². The molecule has 0 spiro atoms. The first-order valence-corrected chi connectivity index (χ1v) is 6.49. The summed E-state index contributed by atoms with van der Waals surface area (Å²) in [4.78, 5) is 16.3. The molecule has 1 heterocycles. The van der Waals surface area contributed by atoms with Gasteiger partial charge in [0, 0.05) is 34.7 Å². The molecule has 0 aliphatic heterocycles. The number of carbonyl (C=O) groups excluding carboxylic acids is 1. The number of carbonyl (C=O) groups is 1. The van der Waals surface area contributed by atoms with Crippen LogP contribution in [0.5, 0.6) is 0 Å². The van der Waals surface area contributed by atoms with E-state index in [1.54, 1.807) is 24.4 Å². The summed E-state index contributed by atoms with van der Waals surface area (Å²) in [6.45, 7) is 2.84. The predicted molar refractivity (Wildman–Crippen MR) is 74.5 cm³/mol. The number of Topliss-reactive ketones (excluding diaryl/α,β-unsaturated/α-hetero) is 1. The number of nitrogen functional groups attached to an aromatic ring is 1. The van der Waals surface area contributed by atoms with Gasteiger partial charge in [-0.1, -0.05) is 0 Å². The van der Waals surface area contributed by atoms with Gasteiger partial charge in [-0.15, -0.1) is 0 Å². The molecule has 94 valence electrons. The average Bonchev–Trinajstić information content (AvgIpc) is 2.79. The van der Waals surface area contributed by atoms with E-state index in [9.17, 15) is 4.79 Å². The molecular weight excluding hydrogens is 294 g/mol. The van der Waals surface area contributed by atoms with E-state index >= 15 is 0 Å². The number of halogens is 1. The molecule has 0 saturated carbocycles. The van der Waals surface area contributed by atoms with Crippen molar-refractivity contribution < 1.29 is 4.79 Å². The van der Waals surface area contributed by atoms with E-state index in [2.05, 4.69) is 20.9 Å². The van der Waals surface area contributed by atoms with Gasteiger partial charge in [-0.2, -0.15) is 0 Å². The number of aromatic nitrogens is 2. The number of ketones is 1. The van der Waals surface area contributed by atoms with Crippen LogP contribution in [0.1, 0.15) is 23.1 Å². The number of aryl methyl sites for hydroxylation is 1. The molecule has 0 atom stereocenters. The number of anilines is 1. The van der Waals surface area contributed by atoms with Crippen molar-refractivity contribution in [1.82, 2.24) is 9.55 Å². The fourth-order valence-electron chi connectivity index (χ4n) is 1.74. The maximum atomic E-state index is 12.1. The van der Waals surface area contributed by atoms with Crippen molar-refractivity contribution in [2.75, 3.05) is 5.73 Å². The molecule has 0 saturated heterocycles. The monoisotopic (exact) mass is 307 g/mol. The van der Waals surface area contributed by atoms with Gasteiger partial charge < -0.3 is 10.3 Å². The normalized spacial score (nSPS) is 10.6. The Kier molecular flexibility index (Phi) is 3.81. The summed E-state index contributed by atoms with van der Waals surface area (Å²) in [5, 5.41) is 0. The summed E-state index contributed by atoms with van der Waals surface area (Å²) in [5.74, 6) is 0.826. The lowest BCUT2D eigenvalue weighted by Gasteiger charge is -2.05. The van der Waals surface area contributed by atoms with E-state index < -0.39 is 0 Å². The lowest BCUT2D eigenvalue weighted by atomic mass is 10.1. The highest BCUT2D eigenvalue weighted by Gasteiger charge is 2.11. The molecule has 2 N–H and O–H groups in total. The zero-order valence-electron chi connectivity index (χ0n) is 10.1. The van der Waals surface area contributed by atoms with Gasteiger partial charge in [0.15, 0.2) is 5.78 Å². The smallest absolute Gasteiger partial charge is 0.170 e. The molecule has 1 aromatic carbocycles. The quantitative estimate of drug-likeness (QED) is 0.698. The predicted octanol–water partition coefficient (Wildman–Crippen LogP) is 2.67. The molecule has 0 bridgehead atoms. The number of rotatable bonds is 4. The Hall–Kier alpha value is -1.62. The van der Waals surface area contributed by atoms with Crippen molar-refractivity contribution in [2.45, 2.75) is 19.9 Å². The Labute approximate surface area is 114 Å². The first-order chi connectivity index (χ1) is 8.61. The van der Waals surface area contributed by atoms with Crippen molar-refractivity contribution in [3.63, 3.8) is 0 Å². The molecule has 2 aromatic rings. The third-order valence-electron chi connectivity index (χ3n) is 2.78. The molecule has 18 heavy (non-hydrogen) atoms. The zero-order valence-corrected chi connectivity index (χ0v) is 11.6. The van der Waals surface area contributed by atoms with Crippen LogP contribution >= 0.6 is 15.9 Å². The van der Waals surface area contributed by atoms with E-state index in [1.807, 2.05) is 17.7 Å². The largest absolute Gasteiger partial charge is 0.398 e. The van der Waals surface area contributed by atoms with Crippen molar-refractivity contribution >= 4 is 27.4 Å². The second-order valence-corrected chi connectivity index (χ2v) is 4.82. The average molecular weight is 308 g/mol. The zero-order chi connectivity index (χ0) is 13.1. The number of imidazole rings is 1. The lowest BCUT2D eigenvalue weighted by molar-refractivity contribution is 0.0989. The maximum absolute atomic E-state index is 12.1. The summed E-state index contributed by atoms with van der Waals surface area (Å²) in [6.07, 6.45) is 3.89. The molecule has 0 aliphatic rings. The van der Waals surface area contributed by atoms with Crippen LogP contribution in [0.3, 0.4) is 0 Å². The summed E-state index contributed by atoms with van der Waals surface area (Å²) in [5.41, 5.74) is 6.96. The van der Waals surface area contributed by atoms with Crippen LogP contribution in [0.2, 0.25) is 0 Å². The second kappa shape index (κ2) is 5.35. The third kappa shape index (κ3) is 2.61. The van der Waals surface area contributed by atoms with Gasteiger partial charge in [-0.25, -0.2) is 4.98 Å². The molecular formula is C13H14BrN3O. The minimum absolute atomic E-state index is 0.0385. The topological polar surface area (TPSA) is 60.9 Å². The van der Waals surface area contributed by atoms with E-state index in [-0.39, 0.29) is 5.78 Å². The standard InChI is InChI=1S/C13H14BrN3O/c1-2-17-6-5-16-13(17)8-12(18)9-3-4-11(15)10(14)7-9/h3-7H,2,8,15H2,1H3. The van der Waals surface area contributed by atoms with Gasteiger partial charge in [-0.3, -0.25) is 4.79 Å². The van der Waals surface area contributed by atoms with Crippen molar-refractivity contribution in [1.29, 1.82) is 0 Å². The highest BCUT2D eigenvalue weighted by atomic mass is 79.9. The van der Waals surface area contributed by atoms with Gasteiger partial charge in [0.2, 0.25) is 0 Å². The molecule has 0 amide bonds. The first-order valence-electron chi connectivity index (χ1n) is 5.70. The first kappa shape index (κ1) is 12.8. The molecule has 0 unspecified atom stereocenters. The van der Waals surface area contributed by atoms with Crippen LogP contribution in [0.4, 0.5) is 5.69 Å². The van der Waals surface area contributed by atoms with Gasteiger partial charge in [0.05, 0.1) is 6.42 Å². The Morgan fingerprint density at radius 3 is 2.94 bits per heavy atom.